The molecule has 2 aromatic rings. The molecule has 1 saturated heterocycles. The van der Waals surface area contributed by atoms with Gasteiger partial charge in [-0.1, -0.05) is 12.1 Å². The normalized spacial score (nSPS) is 15.8. The van der Waals surface area contributed by atoms with Gasteiger partial charge in [0.25, 0.3) is 0 Å². The predicted octanol–water partition coefficient (Wildman–Crippen LogP) is 2.64. The first-order valence-corrected chi connectivity index (χ1v) is 11.9. The van der Waals surface area contributed by atoms with Crippen molar-refractivity contribution in [3.63, 3.8) is 0 Å². The van der Waals surface area contributed by atoms with Gasteiger partial charge in [0.2, 0.25) is 11.8 Å². The SMILES string of the molecule is CC(=O)Oc1nc(NC2CCN(Cc3ccc(S(C)(=O)=O)cc3)CC2)ncc1Br. The number of carbonyl (C=O) groups is 1. The largest absolute Gasteiger partial charge is 0.406 e. The number of esters is 1. The second kappa shape index (κ2) is 9.19. The van der Waals surface area contributed by atoms with Gasteiger partial charge < -0.3 is 10.1 Å². The van der Waals surface area contributed by atoms with Crippen LogP contribution in [0.15, 0.2) is 39.8 Å². The third-order valence-corrected chi connectivity index (χ3v) is 6.30. The average molecular weight is 483 g/mol. The number of piperidine rings is 1. The van der Waals surface area contributed by atoms with Crippen molar-refractivity contribution in [3.05, 3.63) is 40.5 Å². The Balaban J connectivity index is 1.52. The molecule has 2 heterocycles. The molecule has 3 rings (SSSR count). The lowest BCUT2D eigenvalue weighted by Crippen LogP contribution is -2.39. The number of nitrogens with zero attached hydrogens (tertiary/aromatic N) is 3. The van der Waals surface area contributed by atoms with E-state index >= 15 is 0 Å². The molecular weight excluding hydrogens is 460 g/mol. The van der Waals surface area contributed by atoms with E-state index in [1.54, 1.807) is 18.3 Å². The zero-order valence-corrected chi connectivity index (χ0v) is 18.7. The average Bonchev–Trinajstić information content (AvgIpc) is 2.65. The number of halogens is 1. The standard InChI is InChI=1S/C19H23BrN4O4S/c1-13(25)28-18-17(20)11-21-19(23-18)22-15-7-9-24(10-8-15)12-14-3-5-16(6-4-14)29(2,26)27/h3-6,11,15H,7-10,12H2,1-2H3,(H,21,22,23). The Morgan fingerprint density at radius 2 is 1.93 bits per heavy atom. The smallest absolute Gasteiger partial charge is 0.309 e. The van der Waals surface area contributed by atoms with Gasteiger partial charge in [0.1, 0.15) is 0 Å². The highest BCUT2D eigenvalue weighted by molar-refractivity contribution is 9.10. The van der Waals surface area contributed by atoms with Crippen LogP contribution in [0.2, 0.25) is 0 Å². The molecule has 29 heavy (non-hydrogen) atoms. The van der Waals surface area contributed by atoms with Crippen LogP contribution in [0.4, 0.5) is 5.95 Å². The molecule has 0 spiro atoms. The van der Waals surface area contributed by atoms with Gasteiger partial charge in [0.05, 0.1) is 15.6 Å². The number of carbonyl (C=O) groups excluding carboxylic acids is 1. The van der Waals surface area contributed by atoms with E-state index in [-0.39, 0.29) is 11.9 Å². The van der Waals surface area contributed by atoms with Crippen molar-refractivity contribution in [3.8, 4) is 5.88 Å². The second-order valence-electron chi connectivity index (χ2n) is 7.05. The molecule has 1 aliphatic heterocycles. The topological polar surface area (TPSA) is 101 Å². The molecule has 1 aromatic heterocycles. The van der Waals surface area contributed by atoms with Crippen LogP contribution in [0.1, 0.15) is 25.3 Å². The monoisotopic (exact) mass is 482 g/mol. The Labute approximate surface area is 178 Å². The summed E-state index contributed by atoms with van der Waals surface area (Å²) >= 11 is 3.27. The fraction of sp³-hybridized carbons (Fsp3) is 0.421. The second-order valence-corrected chi connectivity index (χ2v) is 9.92. The van der Waals surface area contributed by atoms with Crippen molar-refractivity contribution >= 4 is 37.7 Å². The van der Waals surface area contributed by atoms with E-state index in [4.69, 9.17) is 4.74 Å². The number of benzene rings is 1. The van der Waals surface area contributed by atoms with Gasteiger partial charge in [0.15, 0.2) is 9.84 Å². The van der Waals surface area contributed by atoms with Gasteiger partial charge in [-0.15, -0.1) is 0 Å². The lowest BCUT2D eigenvalue weighted by atomic mass is 10.0. The lowest BCUT2D eigenvalue weighted by molar-refractivity contribution is -0.132. The van der Waals surface area contributed by atoms with E-state index in [0.717, 1.165) is 38.0 Å². The van der Waals surface area contributed by atoms with Gasteiger partial charge in [-0.25, -0.2) is 13.4 Å². The maximum absolute atomic E-state index is 11.6. The molecule has 0 aliphatic carbocycles. The van der Waals surface area contributed by atoms with Crippen LogP contribution in [0.5, 0.6) is 5.88 Å². The fourth-order valence-electron chi connectivity index (χ4n) is 3.15. The number of hydrogen-bond acceptors (Lipinski definition) is 8. The summed E-state index contributed by atoms with van der Waals surface area (Å²) in [6, 6.07) is 7.28. The Kier molecular flexibility index (Phi) is 6.86. The van der Waals surface area contributed by atoms with Gasteiger partial charge in [0, 0.05) is 38.9 Å². The van der Waals surface area contributed by atoms with E-state index in [1.807, 2.05) is 12.1 Å². The highest BCUT2D eigenvalue weighted by atomic mass is 79.9. The molecule has 1 N–H and O–H groups in total. The first-order valence-electron chi connectivity index (χ1n) is 9.19. The van der Waals surface area contributed by atoms with Crippen molar-refractivity contribution in [2.75, 3.05) is 24.7 Å². The number of aromatic nitrogens is 2. The number of hydrogen-bond donors (Lipinski definition) is 1. The highest BCUT2D eigenvalue weighted by Crippen LogP contribution is 2.24. The maximum atomic E-state index is 11.6. The summed E-state index contributed by atoms with van der Waals surface area (Å²) in [5.74, 6) is 0.192. The van der Waals surface area contributed by atoms with Crippen LogP contribution in [-0.4, -0.2) is 54.6 Å². The molecular formula is C19H23BrN4O4S. The quantitative estimate of drug-likeness (QED) is 0.626. The van der Waals surface area contributed by atoms with Crippen molar-refractivity contribution in [1.29, 1.82) is 0 Å². The zero-order valence-electron chi connectivity index (χ0n) is 16.3. The number of likely N-dealkylation sites (tertiary alicyclic amines) is 1. The third kappa shape index (κ3) is 6.22. The van der Waals surface area contributed by atoms with Gasteiger partial charge >= 0.3 is 5.97 Å². The molecule has 0 atom stereocenters. The summed E-state index contributed by atoms with van der Waals surface area (Å²) in [6.07, 6.45) is 4.61. The number of ether oxygens (including phenoxy) is 1. The molecule has 156 valence electrons. The molecule has 0 unspecified atom stereocenters. The molecule has 10 heteroatoms. The van der Waals surface area contributed by atoms with E-state index in [0.29, 0.717) is 15.3 Å². The summed E-state index contributed by atoms with van der Waals surface area (Å²) in [7, 11) is -3.17. The third-order valence-electron chi connectivity index (χ3n) is 4.63. The molecule has 0 saturated carbocycles. The molecule has 8 nitrogen and oxygen atoms in total. The van der Waals surface area contributed by atoms with Crippen molar-refractivity contribution in [1.82, 2.24) is 14.9 Å². The van der Waals surface area contributed by atoms with Crippen molar-refractivity contribution in [2.24, 2.45) is 0 Å². The number of anilines is 1. The summed E-state index contributed by atoms with van der Waals surface area (Å²) in [6.45, 7) is 3.91. The first kappa shape index (κ1) is 21.7. The molecule has 0 bridgehead atoms. The van der Waals surface area contributed by atoms with Gasteiger partial charge in [-0.3, -0.25) is 9.69 Å². The van der Waals surface area contributed by atoms with Crippen molar-refractivity contribution < 1.29 is 17.9 Å². The molecule has 0 amide bonds. The molecule has 1 aliphatic rings. The Morgan fingerprint density at radius 3 is 2.52 bits per heavy atom. The summed E-state index contributed by atoms with van der Waals surface area (Å²) < 4.78 is 28.7. The van der Waals surface area contributed by atoms with E-state index in [1.165, 1.54) is 13.2 Å². The van der Waals surface area contributed by atoms with Crippen LogP contribution in [0.25, 0.3) is 0 Å². The van der Waals surface area contributed by atoms with Crippen molar-refractivity contribution in [2.45, 2.75) is 37.2 Å². The Bertz CT molecular complexity index is 974. The maximum Gasteiger partial charge on any atom is 0.309 e. The first-order chi connectivity index (χ1) is 13.7. The predicted molar refractivity (Wildman–Crippen MR) is 113 cm³/mol. The molecule has 1 fully saturated rings. The van der Waals surface area contributed by atoms with Crippen LogP contribution in [-0.2, 0) is 21.2 Å². The minimum atomic E-state index is -3.17. The molecule has 0 radical (unpaired) electrons. The lowest BCUT2D eigenvalue weighted by Gasteiger charge is -2.32. The number of nitrogens with one attached hydrogen (secondary N) is 1. The highest BCUT2D eigenvalue weighted by Gasteiger charge is 2.20. The number of rotatable bonds is 6. The minimum Gasteiger partial charge on any atom is -0.406 e. The van der Waals surface area contributed by atoms with Crippen LogP contribution in [0.3, 0.4) is 0 Å². The summed E-state index contributed by atoms with van der Waals surface area (Å²) in [5.41, 5.74) is 1.09. The van der Waals surface area contributed by atoms with Crippen LogP contribution in [0, 0.1) is 0 Å². The summed E-state index contributed by atoms with van der Waals surface area (Å²) in [5, 5.41) is 3.30. The van der Waals surface area contributed by atoms with Gasteiger partial charge in [-0.2, -0.15) is 4.98 Å². The van der Waals surface area contributed by atoms with Gasteiger partial charge in [-0.05, 0) is 46.5 Å². The fourth-order valence-corrected chi connectivity index (χ4v) is 4.05. The van der Waals surface area contributed by atoms with Crippen LogP contribution >= 0.6 is 15.9 Å². The molecule has 1 aromatic carbocycles. The Morgan fingerprint density at radius 1 is 1.28 bits per heavy atom. The summed E-state index contributed by atoms with van der Waals surface area (Å²) in [4.78, 5) is 22.3. The van der Waals surface area contributed by atoms with E-state index < -0.39 is 15.8 Å². The van der Waals surface area contributed by atoms with E-state index in [9.17, 15) is 13.2 Å². The minimum absolute atomic E-state index is 0.199. The Hall–Kier alpha value is -2.04. The zero-order chi connectivity index (χ0) is 21.0. The number of sulfone groups is 1. The van der Waals surface area contributed by atoms with E-state index in [2.05, 4.69) is 36.1 Å². The van der Waals surface area contributed by atoms with Crippen LogP contribution < -0.4 is 10.1 Å².